The zero-order chi connectivity index (χ0) is 26.2. The second kappa shape index (κ2) is 8.34. The maximum Gasteiger partial charge on any atom is 0.417 e. The number of imidazole rings is 2. The molecule has 0 unspecified atom stereocenters. The maximum absolute atomic E-state index is 13.2. The quantitative estimate of drug-likeness (QED) is 0.296. The molecule has 1 fully saturated rings. The van der Waals surface area contributed by atoms with Crippen LogP contribution in [0.3, 0.4) is 0 Å². The van der Waals surface area contributed by atoms with Crippen molar-refractivity contribution in [3.63, 3.8) is 0 Å². The van der Waals surface area contributed by atoms with Crippen LogP contribution in [0.2, 0.25) is 5.02 Å². The van der Waals surface area contributed by atoms with Gasteiger partial charge < -0.3 is 10.6 Å². The Bertz CT molecular complexity index is 1690. The van der Waals surface area contributed by atoms with Crippen LogP contribution in [0.25, 0.3) is 16.8 Å². The molecule has 7 nitrogen and oxygen atoms in total. The third-order valence-electron chi connectivity index (χ3n) is 7.76. The van der Waals surface area contributed by atoms with Gasteiger partial charge >= 0.3 is 6.18 Å². The number of halogens is 4. The third-order valence-corrected chi connectivity index (χ3v) is 9.37. The second-order valence-electron chi connectivity index (χ2n) is 10.1. The lowest BCUT2D eigenvalue weighted by atomic mass is 9.76. The third kappa shape index (κ3) is 3.74. The van der Waals surface area contributed by atoms with E-state index in [0.29, 0.717) is 11.4 Å². The van der Waals surface area contributed by atoms with Crippen molar-refractivity contribution in [1.29, 1.82) is 0 Å². The molecule has 0 radical (unpaired) electrons. The van der Waals surface area contributed by atoms with E-state index in [2.05, 4.69) is 19.3 Å². The van der Waals surface area contributed by atoms with Crippen LogP contribution in [0.5, 0.6) is 0 Å². The first-order valence-electron chi connectivity index (χ1n) is 12.2. The number of hydrogen-bond donors (Lipinski definition) is 1. The molecule has 0 atom stereocenters. The van der Waals surface area contributed by atoms with Crippen molar-refractivity contribution in [3.05, 3.63) is 64.7 Å². The predicted octanol–water partition coefficient (Wildman–Crippen LogP) is 5.90. The number of hydrogen-bond acceptors (Lipinski definition) is 7. The molecule has 38 heavy (non-hydrogen) atoms. The van der Waals surface area contributed by atoms with Crippen molar-refractivity contribution >= 4 is 51.8 Å². The van der Waals surface area contributed by atoms with E-state index in [9.17, 15) is 13.2 Å². The average molecular weight is 556 g/mol. The topological polar surface area (TPSA) is 85.2 Å². The van der Waals surface area contributed by atoms with Gasteiger partial charge in [-0.2, -0.15) is 13.2 Å². The highest BCUT2D eigenvalue weighted by Gasteiger charge is 2.42. The Kier molecular flexibility index (Phi) is 5.22. The molecule has 1 saturated heterocycles. The highest BCUT2D eigenvalue weighted by molar-refractivity contribution is 7.99. The van der Waals surface area contributed by atoms with Gasteiger partial charge in [0, 0.05) is 36.1 Å². The Morgan fingerprint density at radius 1 is 1.00 bits per heavy atom. The maximum atomic E-state index is 13.2. The van der Waals surface area contributed by atoms with Crippen LogP contribution >= 0.6 is 23.4 Å². The van der Waals surface area contributed by atoms with E-state index in [4.69, 9.17) is 27.3 Å². The Morgan fingerprint density at radius 2 is 1.82 bits per heavy atom. The smallest absolute Gasteiger partial charge is 0.382 e. The van der Waals surface area contributed by atoms with Crippen molar-refractivity contribution in [2.45, 2.75) is 41.7 Å². The number of fused-ring (bicyclic) bond motifs is 1. The first-order chi connectivity index (χ1) is 18.2. The summed E-state index contributed by atoms with van der Waals surface area (Å²) in [5.41, 5.74) is 9.22. The molecule has 5 aromatic rings. The summed E-state index contributed by atoms with van der Waals surface area (Å²) < 4.78 is 41.6. The van der Waals surface area contributed by atoms with Gasteiger partial charge in [-0.3, -0.25) is 9.38 Å². The summed E-state index contributed by atoms with van der Waals surface area (Å²) in [7, 11) is 0. The minimum Gasteiger partial charge on any atom is -0.382 e. The number of anilines is 2. The van der Waals surface area contributed by atoms with Gasteiger partial charge in [-0.1, -0.05) is 23.4 Å². The Hall–Kier alpha value is -3.31. The fraction of sp³-hybridized carbons (Fsp3) is 0.308. The van der Waals surface area contributed by atoms with Crippen LogP contribution in [0.1, 0.15) is 29.7 Å². The summed E-state index contributed by atoms with van der Waals surface area (Å²) in [6, 6.07) is 7.06. The monoisotopic (exact) mass is 555 g/mol. The van der Waals surface area contributed by atoms with Crippen LogP contribution < -0.4 is 10.6 Å². The Balaban J connectivity index is 1.13. The summed E-state index contributed by atoms with van der Waals surface area (Å²) in [4.78, 5) is 21.8. The zero-order valence-corrected chi connectivity index (χ0v) is 21.5. The summed E-state index contributed by atoms with van der Waals surface area (Å²) in [5.74, 6) is 1.16. The molecule has 0 saturated carbocycles. The minimum atomic E-state index is -4.37. The van der Waals surface area contributed by atoms with E-state index in [1.54, 1.807) is 6.20 Å². The van der Waals surface area contributed by atoms with Crippen molar-refractivity contribution in [1.82, 2.24) is 24.3 Å². The fourth-order valence-electron chi connectivity index (χ4n) is 5.79. The van der Waals surface area contributed by atoms with Gasteiger partial charge in [-0.25, -0.2) is 15.0 Å². The summed E-state index contributed by atoms with van der Waals surface area (Å²) in [6.07, 6.45) is 3.16. The lowest BCUT2D eigenvalue weighted by Gasteiger charge is -2.39. The molecule has 7 rings (SSSR count). The van der Waals surface area contributed by atoms with Gasteiger partial charge in [0.2, 0.25) is 0 Å². The van der Waals surface area contributed by atoms with Crippen LogP contribution in [-0.4, -0.2) is 37.4 Å². The minimum absolute atomic E-state index is 0.0513. The summed E-state index contributed by atoms with van der Waals surface area (Å²) >= 11 is 7.84. The van der Waals surface area contributed by atoms with Gasteiger partial charge in [0.1, 0.15) is 17.0 Å². The molecule has 5 aromatic heterocycles. The molecule has 2 N–H and O–H groups in total. The number of aromatic nitrogens is 5. The summed E-state index contributed by atoms with van der Waals surface area (Å²) in [5, 5.41) is 0.416. The number of alkyl halides is 3. The number of pyridine rings is 3. The zero-order valence-electron chi connectivity index (χ0n) is 20.0. The first-order valence-corrected chi connectivity index (χ1v) is 13.4. The lowest BCUT2D eigenvalue weighted by Crippen LogP contribution is -2.41. The van der Waals surface area contributed by atoms with Gasteiger partial charge in [0.25, 0.3) is 0 Å². The fourth-order valence-corrected chi connectivity index (χ4v) is 6.95. The molecule has 2 aliphatic rings. The average Bonchev–Trinajstić information content (AvgIpc) is 3.58. The van der Waals surface area contributed by atoms with Crippen LogP contribution in [-0.2, 0) is 19.0 Å². The standard InChI is InChI=1S/C26H21ClF3N7S/c27-21-18(3-6-32-22(21)31)38-19-1-2-20-35-23(17-13-34-24(19)37(17)20)36-7-4-25(5-8-36)10-14-9-15(26(28,29)30)12-33-16(14)11-25/h1-3,6,9,12-13H,4-5,7-8,10-11H2,(H2,31,32). The Morgan fingerprint density at radius 3 is 2.61 bits per heavy atom. The van der Waals surface area contributed by atoms with E-state index in [1.807, 2.05) is 24.4 Å². The SMILES string of the molecule is Nc1nccc(Sc2ccc3nc(N4CCC5(CC4)Cc4cc(C(F)(F)F)cnc4C5)c4cnc2n34)c1Cl. The number of nitrogens with zero attached hydrogens (tertiary/aromatic N) is 6. The van der Waals surface area contributed by atoms with E-state index in [1.165, 1.54) is 17.8 Å². The second-order valence-corrected chi connectivity index (χ2v) is 11.5. The molecule has 0 amide bonds. The molecule has 12 heteroatoms. The van der Waals surface area contributed by atoms with Crippen molar-refractivity contribution in [2.75, 3.05) is 23.7 Å². The molecular weight excluding hydrogens is 535 g/mol. The van der Waals surface area contributed by atoms with Gasteiger partial charge in [-0.05, 0) is 60.9 Å². The van der Waals surface area contributed by atoms with Gasteiger partial charge in [0.15, 0.2) is 11.5 Å². The summed E-state index contributed by atoms with van der Waals surface area (Å²) in [6.45, 7) is 1.54. The van der Waals surface area contributed by atoms with E-state index in [0.717, 1.165) is 82.2 Å². The Labute approximate surface area is 224 Å². The lowest BCUT2D eigenvalue weighted by molar-refractivity contribution is -0.137. The molecule has 0 aromatic carbocycles. The molecule has 194 valence electrons. The molecule has 1 aliphatic heterocycles. The van der Waals surface area contributed by atoms with Crippen LogP contribution in [0, 0.1) is 5.41 Å². The number of piperidine rings is 1. The highest BCUT2D eigenvalue weighted by atomic mass is 35.5. The number of rotatable bonds is 3. The molecule has 0 bridgehead atoms. The normalized spacial score (nSPS) is 17.2. The highest BCUT2D eigenvalue weighted by Crippen LogP contribution is 2.46. The van der Waals surface area contributed by atoms with Gasteiger partial charge in [-0.15, -0.1) is 0 Å². The molecular formula is C26H21ClF3N7S. The molecule has 1 aliphatic carbocycles. The van der Waals surface area contributed by atoms with E-state index < -0.39 is 11.7 Å². The van der Waals surface area contributed by atoms with E-state index in [-0.39, 0.29) is 11.2 Å². The molecule has 1 spiro atoms. The first kappa shape index (κ1) is 23.8. The van der Waals surface area contributed by atoms with Gasteiger partial charge in [0.05, 0.1) is 21.7 Å². The van der Waals surface area contributed by atoms with Crippen molar-refractivity contribution < 1.29 is 13.2 Å². The van der Waals surface area contributed by atoms with Crippen molar-refractivity contribution in [3.8, 4) is 0 Å². The van der Waals surface area contributed by atoms with E-state index >= 15 is 0 Å². The number of nitrogen functional groups attached to an aromatic ring is 1. The number of nitrogens with two attached hydrogens (primary N) is 1. The molecule has 6 heterocycles. The van der Waals surface area contributed by atoms with Crippen molar-refractivity contribution in [2.24, 2.45) is 5.41 Å². The van der Waals surface area contributed by atoms with Crippen LogP contribution in [0.15, 0.2) is 52.6 Å². The largest absolute Gasteiger partial charge is 0.417 e. The van der Waals surface area contributed by atoms with Crippen LogP contribution in [0.4, 0.5) is 24.8 Å². The predicted molar refractivity (Wildman–Crippen MR) is 140 cm³/mol.